The average molecular weight is 116 g/mol. The van der Waals surface area contributed by atoms with Gasteiger partial charge in [-0.1, -0.05) is 13.3 Å². The van der Waals surface area contributed by atoms with Crippen LogP contribution in [0.25, 0.3) is 0 Å². The molecule has 49 valence electrons. The third-order valence-corrected chi connectivity index (χ3v) is 0.977. The SMILES string of the molecule is [CH2]CCC(O)CNC. The monoisotopic (exact) mass is 116 g/mol. The molecule has 0 saturated heterocycles. The van der Waals surface area contributed by atoms with E-state index in [4.69, 9.17) is 5.11 Å². The molecule has 0 spiro atoms. The van der Waals surface area contributed by atoms with Gasteiger partial charge in [0, 0.05) is 6.54 Å². The third kappa shape index (κ3) is 4.09. The van der Waals surface area contributed by atoms with Gasteiger partial charge in [0.1, 0.15) is 0 Å². The third-order valence-electron chi connectivity index (χ3n) is 0.977. The standard InChI is InChI=1S/C6H14NO/c1-3-4-6(8)5-7-2/h6-8H,1,3-5H2,2H3. The van der Waals surface area contributed by atoms with Crippen LogP contribution >= 0.6 is 0 Å². The summed E-state index contributed by atoms with van der Waals surface area (Å²) in [5, 5.41) is 11.8. The minimum absolute atomic E-state index is 0.211. The minimum Gasteiger partial charge on any atom is -0.392 e. The summed E-state index contributed by atoms with van der Waals surface area (Å²) in [5.41, 5.74) is 0. The van der Waals surface area contributed by atoms with E-state index in [0.29, 0.717) is 6.54 Å². The molecule has 0 aliphatic heterocycles. The lowest BCUT2D eigenvalue weighted by atomic mass is 10.2. The Kier molecular flexibility index (Phi) is 5.01. The van der Waals surface area contributed by atoms with Crippen LogP contribution in [0, 0.1) is 6.92 Å². The summed E-state index contributed by atoms with van der Waals surface area (Å²) in [5.74, 6) is 0. The van der Waals surface area contributed by atoms with Crippen molar-refractivity contribution in [2.24, 2.45) is 0 Å². The van der Waals surface area contributed by atoms with Gasteiger partial charge in [-0.15, -0.1) is 0 Å². The number of aliphatic hydroxyl groups is 1. The lowest BCUT2D eigenvalue weighted by Crippen LogP contribution is -2.22. The molecule has 0 saturated carbocycles. The first kappa shape index (κ1) is 7.92. The van der Waals surface area contributed by atoms with Crippen LogP contribution < -0.4 is 5.32 Å². The van der Waals surface area contributed by atoms with Crippen LogP contribution in [-0.4, -0.2) is 24.8 Å². The summed E-state index contributed by atoms with van der Waals surface area (Å²) < 4.78 is 0. The second kappa shape index (κ2) is 5.06. The van der Waals surface area contributed by atoms with E-state index in [9.17, 15) is 0 Å². The molecule has 1 atom stereocenters. The molecule has 8 heavy (non-hydrogen) atoms. The fourth-order valence-electron chi connectivity index (χ4n) is 0.573. The molecule has 0 amide bonds. The Bertz CT molecular complexity index is 41.8. The molecule has 0 bridgehead atoms. The van der Waals surface area contributed by atoms with Gasteiger partial charge >= 0.3 is 0 Å². The number of nitrogens with one attached hydrogen (secondary N) is 1. The molecule has 1 unspecified atom stereocenters. The maximum atomic E-state index is 8.95. The molecule has 0 aliphatic carbocycles. The maximum absolute atomic E-state index is 8.95. The van der Waals surface area contributed by atoms with Crippen LogP contribution in [0.2, 0.25) is 0 Å². The highest BCUT2D eigenvalue weighted by Gasteiger charge is 1.97. The second-order valence-corrected chi connectivity index (χ2v) is 1.85. The second-order valence-electron chi connectivity index (χ2n) is 1.85. The van der Waals surface area contributed by atoms with E-state index in [1.807, 2.05) is 7.05 Å². The fourth-order valence-corrected chi connectivity index (χ4v) is 0.573. The molecule has 0 fully saturated rings. The Balaban J connectivity index is 2.92. The molecule has 2 heteroatoms. The van der Waals surface area contributed by atoms with Crippen LogP contribution in [0.1, 0.15) is 12.8 Å². The van der Waals surface area contributed by atoms with Gasteiger partial charge in [0.15, 0.2) is 0 Å². The number of aliphatic hydroxyl groups excluding tert-OH is 1. The number of hydrogen-bond donors (Lipinski definition) is 2. The van der Waals surface area contributed by atoms with Crippen molar-refractivity contribution in [3.05, 3.63) is 6.92 Å². The predicted molar refractivity (Wildman–Crippen MR) is 34.5 cm³/mol. The van der Waals surface area contributed by atoms with Crippen LogP contribution in [0.5, 0.6) is 0 Å². The van der Waals surface area contributed by atoms with Crippen molar-refractivity contribution >= 4 is 0 Å². The predicted octanol–water partition coefficient (Wildman–Crippen LogP) is 0.181. The van der Waals surface area contributed by atoms with E-state index in [0.717, 1.165) is 12.8 Å². The molecule has 0 aliphatic rings. The first-order valence-electron chi connectivity index (χ1n) is 2.93. The fraction of sp³-hybridized carbons (Fsp3) is 0.833. The lowest BCUT2D eigenvalue weighted by molar-refractivity contribution is 0.165. The van der Waals surface area contributed by atoms with Crippen molar-refractivity contribution in [1.82, 2.24) is 5.32 Å². The quantitative estimate of drug-likeness (QED) is 0.549. The molecule has 1 radical (unpaired) electrons. The lowest BCUT2D eigenvalue weighted by Gasteiger charge is -2.05. The summed E-state index contributed by atoms with van der Waals surface area (Å²) in [6.07, 6.45) is 1.39. The van der Waals surface area contributed by atoms with E-state index in [1.54, 1.807) is 0 Å². The van der Waals surface area contributed by atoms with Crippen molar-refractivity contribution < 1.29 is 5.11 Å². The molecular weight excluding hydrogens is 102 g/mol. The zero-order chi connectivity index (χ0) is 6.41. The zero-order valence-electron chi connectivity index (χ0n) is 5.35. The Morgan fingerprint density at radius 3 is 2.75 bits per heavy atom. The summed E-state index contributed by atoms with van der Waals surface area (Å²) in [4.78, 5) is 0. The van der Waals surface area contributed by atoms with Gasteiger partial charge in [0.05, 0.1) is 6.10 Å². The van der Waals surface area contributed by atoms with E-state index >= 15 is 0 Å². The zero-order valence-corrected chi connectivity index (χ0v) is 5.35. The molecule has 0 aromatic heterocycles. The average Bonchev–Trinajstić information content (AvgIpc) is 1.68. The van der Waals surface area contributed by atoms with Crippen molar-refractivity contribution in [3.63, 3.8) is 0 Å². The summed E-state index contributed by atoms with van der Waals surface area (Å²) in [6, 6.07) is 0. The highest BCUT2D eigenvalue weighted by Crippen LogP contribution is 1.91. The van der Waals surface area contributed by atoms with E-state index in [2.05, 4.69) is 12.2 Å². The van der Waals surface area contributed by atoms with Crippen molar-refractivity contribution in [1.29, 1.82) is 0 Å². The Labute approximate surface area is 50.9 Å². The van der Waals surface area contributed by atoms with Gasteiger partial charge in [-0.2, -0.15) is 0 Å². The largest absolute Gasteiger partial charge is 0.392 e. The molecule has 0 heterocycles. The molecule has 0 aromatic rings. The minimum atomic E-state index is -0.211. The normalized spacial score (nSPS) is 13.9. The van der Waals surface area contributed by atoms with Gasteiger partial charge in [-0.25, -0.2) is 0 Å². The van der Waals surface area contributed by atoms with Gasteiger partial charge < -0.3 is 10.4 Å². The van der Waals surface area contributed by atoms with Crippen LogP contribution in [0.3, 0.4) is 0 Å². The molecule has 0 aromatic carbocycles. The highest BCUT2D eigenvalue weighted by molar-refractivity contribution is 4.57. The van der Waals surface area contributed by atoms with Gasteiger partial charge in [0.2, 0.25) is 0 Å². The van der Waals surface area contributed by atoms with E-state index in [-0.39, 0.29) is 6.10 Å². The van der Waals surface area contributed by atoms with Gasteiger partial charge in [0.25, 0.3) is 0 Å². The first-order chi connectivity index (χ1) is 3.81. The highest BCUT2D eigenvalue weighted by atomic mass is 16.3. The molecule has 2 N–H and O–H groups in total. The van der Waals surface area contributed by atoms with Crippen molar-refractivity contribution in [2.75, 3.05) is 13.6 Å². The van der Waals surface area contributed by atoms with Crippen LogP contribution in [-0.2, 0) is 0 Å². The summed E-state index contributed by atoms with van der Waals surface area (Å²) in [6.45, 7) is 4.30. The molecule has 0 rings (SSSR count). The van der Waals surface area contributed by atoms with Gasteiger partial charge in [-0.3, -0.25) is 0 Å². The Hall–Kier alpha value is -0.0800. The van der Waals surface area contributed by atoms with Crippen molar-refractivity contribution in [3.8, 4) is 0 Å². The van der Waals surface area contributed by atoms with Crippen molar-refractivity contribution in [2.45, 2.75) is 18.9 Å². The Morgan fingerprint density at radius 1 is 1.75 bits per heavy atom. The maximum Gasteiger partial charge on any atom is 0.0664 e. The molecular formula is C6H14NO. The first-order valence-corrected chi connectivity index (χ1v) is 2.93. The topological polar surface area (TPSA) is 32.3 Å². The molecule has 2 nitrogen and oxygen atoms in total. The number of rotatable bonds is 4. The summed E-state index contributed by atoms with van der Waals surface area (Å²) in [7, 11) is 1.83. The van der Waals surface area contributed by atoms with Crippen LogP contribution in [0.4, 0.5) is 0 Å². The van der Waals surface area contributed by atoms with Crippen LogP contribution in [0.15, 0.2) is 0 Å². The summed E-state index contributed by atoms with van der Waals surface area (Å²) >= 11 is 0. The van der Waals surface area contributed by atoms with E-state index < -0.39 is 0 Å². The number of hydrogen-bond acceptors (Lipinski definition) is 2. The van der Waals surface area contributed by atoms with E-state index in [1.165, 1.54) is 0 Å². The smallest absolute Gasteiger partial charge is 0.0664 e. The Morgan fingerprint density at radius 2 is 2.38 bits per heavy atom. The number of likely N-dealkylation sites (N-methyl/N-ethyl adjacent to an activating group) is 1. The van der Waals surface area contributed by atoms with Gasteiger partial charge in [-0.05, 0) is 13.5 Å².